The lowest BCUT2D eigenvalue weighted by Gasteiger charge is -2.25. The summed E-state index contributed by atoms with van der Waals surface area (Å²) in [4.78, 5) is 6.36. The molecule has 88 valence electrons. The molecule has 1 heterocycles. The summed E-state index contributed by atoms with van der Waals surface area (Å²) in [6, 6.07) is 1.80. The normalized spacial score (nSPS) is 10.1. The van der Waals surface area contributed by atoms with Gasteiger partial charge in [0, 0.05) is 24.8 Å². The molecule has 0 fully saturated rings. The van der Waals surface area contributed by atoms with E-state index in [-0.39, 0.29) is 5.84 Å². The van der Waals surface area contributed by atoms with Crippen LogP contribution in [0.1, 0.15) is 32.3 Å². The van der Waals surface area contributed by atoms with Gasteiger partial charge in [0.1, 0.15) is 5.84 Å². The second kappa shape index (κ2) is 6.10. The zero-order valence-electron chi connectivity index (χ0n) is 10.0. The van der Waals surface area contributed by atoms with Crippen molar-refractivity contribution in [3.8, 4) is 0 Å². The van der Waals surface area contributed by atoms with E-state index in [0.717, 1.165) is 37.2 Å². The Kier molecular flexibility index (Phi) is 4.76. The molecule has 0 spiro atoms. The number of hydrogen-bond donors (Lipinski definition) is 2. The van der Waals surface area contributed by atoms with Crippen molar-refractivity contribution < 1.29 is 0 Å². The van der Waals surface area contributed by atoms with Crippen LogP contribution in [0.5, 0.6) is 0 Å². The Balaban J connectivity index is 3.02. The van der Waals surface area contributed by atoms with Gasteiger partial charge in [-0.3, -0.25) is 10.4 Å². The minimum absolute atomic E-state index is 0.106. The van der Waals surface area contributed by atoms with Crippen molar-refractivity contribution in [3.63, 3.8) is 0 Å². The first-order valence-electron chi connectivity index (χ1n) is 5.74. The highest BCUT2D eigenvalue weighted by atomic mass is 15.1. The minimum atomic E-state index is 0.106. The number of nitrogens with two attached hydrogens (primary N) is 1. The summed E-state index contributed by atoms with van der Waals surface area (Å²) in [5.41, 5.74) is 7.32. The van der Waals surface area contributed by atoms with Crippen LogP contribution in [0.15, 0.2) is 18.5 Å². The van der Waals surface area contributed by atoms with E-state index in [9.17, 15) is 0 Å². The molecule has 16 heavy (non-hydrogen) atoms. The number of rotatable bonds is 6. The van der Waals surface area contributed by atoms with Gasteiger partial charge in [0.05, 0.1) is 11.9 Å². The van der Waals surface area contributed by atoms with E-state index in [1.807, 2.05) is 0 Å². The molecule has 0 aliphatic heterocycles. The summed E-state index contributed by atoms with van der Waals surface area (Å²) in [7, 11) is 0. The standard InChI is InChI=1S/C12H20N4/c1-3-7-16(8-4-2)11-9-15-6-5-10(11)12(13)14/h5-6,9H,3-4,7-8H2,1-2H3,(H3,13,14). The first-order valence-corrected chi connectivity index (χ1v) is 5.74. The summed E-state index contributed by atoms with van der Waals surface area (Å²) in [5, 5.41) is 7.56. The molecule has 0 unspecified atom stereocenters. The number of hydrogen-bond acceptors (Lipinski definition) is 3. The Bertz CT molecular complexity index is 343. The van der Waals surface area contributed by atoms with E-state index in [1.54, 1.807) is 18.5 Å². The van der Waals surface area contributed by atoms with Crippen LogP contribution in [-0.2, 0) is 0 Å². The van der Waals surface area contributed by atoms with Crippen molar-refractivity contribution in [2.24, 2.45) is 5.73 Å². The maximum atomic E-state index is 7.56. The van der Waals surface area contributed by atoms with Gasteiger partial charge in [-0.15, -0.1) is 0 Å². The maximum Gasteiger partial charge on any atom is 0.125 e. The number of amidine groups is 1. The van der Waals surface area contributed by atoms with Crippen LogP contribution in [-0.4, -0.2) is 23.9 Å². The molecular formula is C12H20N4. The first kappa shape index (κ1) is 12.5. The molecule has 1 rings (SSSR count). The fraction of sp³-hybridized carbons (Fsp3) is 0.500. The molecule has 3 N–H and O–H groups in total. The van der Waals surface area contributed by atoms with Gasteiger partial charge in [0.2, 0.25) is 0 Å². The zero-order chi connectivity index (χ0) is 12.0. The average molecular weight is 220 g/mol. The topological polar surface area (TPSA) is 66.0 Å². The van der Waals surface area contributed by atoms with Crippen LogP contribution in [0.4, 0.5) is 5.69 Å². The van der Waals surface area contributed by atoms with E-state index >= 15 is 0 Å². The van der Waals surface area contributed by atoms with Gasteiger partial charge in [0.15, 0.2) is 0 Å². The summed E-state index contributed by atoms with van der Waals surface area (Å²) < 4.78 is 0. The molecule has 0 amide bonds. The van der Waals surface area contributed by atoms with Crippen LogP contribution < -0.4 is 10.6 Å². The van der Waals surface area contributed by atoms with Crippen molar-refractivity contribution in [2.45, 2.75) is 26.7 Å². The summed E-state index contributed by atoms with van der Waals surface area (Å²) in [6.45, 7) is 6.23. The fourth-order valence-electron chi connectivity index (χ4n) is 1.76. The van der Waals surface area contributed by atoms with Crippen LogP contribution in [0.2, 0.25) is 0 Å². The smallest absolute Gasteiger partial charge is 0.125 e. The Morgan fingerprint density at radius 2 is 2.00 bits per heavy atom. The predicted molar refractivity (Wildman–Crippen MR) is 68.0 cm³/mol. The second-order valence-electron chi connectivity index (χ2n) is 3.79. The lowest BCUT2D eigenvalue weighted by molar-refractivity contribution is 0.742. The Labute approximate surface area is 97.0 Å². The van der Waals surface area contributed by atoms with Crippen molar-refractivity contribution in [1.29, 1.82) is 5.41 Å². The van der Waals surface area contributed by atoms with E-state index < -0.39 is 0 Å². The maximum absolute atomic E-state index is 7.56. The number of aromatic nitrogens is 1. The quantitative estimate of drug-likeness (QED) is 0.569. The lowest BCUT2D eigenvalue weighted by Crippen LogP contribution is -2.28. The fourth-order valence-corrected chi connectivity index (χ4v) is 1.76. The minimum Gasteiger partial charge on any atom is -0.384 e. The van der Waals surface area contributed by atoms with Crippen molar-refractivity contribution in [1.82, 2.24) is 4.98 Å². The first-order chi connectivity index (χ1) is 7.70. The van der Waals surface area contributed by atoms with Crippen LogP contribution in [0.3, 0.4) is 0 Å². The van der Waals surface area contributed by atoms with Gasteiger partial charge in [-0.2, -0.15) is 0 Å². The van der Waals surface area contributed by atoms with Crippen LogP contribution in [0, 0.1) is 5.41 Å². The van der Waals surface area contributed by atoms with Gasteiger partial charge in [-0.05, 0) is 18.9 Å². The molecule has 4 heteroatoms. The van der Waals surface area contributed by atoms with Gasteiger partial charge in [-0.1, -0.05) is 13.8 Å². The number of anilines is 1. The van der Waals surface area contributed by atoms with Gasteiger partial charge >= 0.3 is 0 Å². The number of nitrogen functional groups attached to an aromatic ring is 1. The number of pyridine rings is 1. The van der Waals surface area contributed by atoms with Crippen molar-refractivity contribution in [2.75, 3.05) is 18.0 Å². The van der Waals surface area contributed by atoms with Gasteiger partial charge < -0.3 is 10.6 Å². The highest BCUT2D eigenvalue weighted by Crippen LogP contribution is 2.19. The molecule has 1 aromatic rings. The third-order valence-corrected chi connectivity index (χ3v) is 2.42. The van der Waals surface area contributed by atoms with E-state index in [2.05, 4.69) is 23.7 Å². The van der Waals surface area contributed by atoms with Gasteiger partial charge in [0.25, 0.3) is 0 Å². The van der Waals surface area contributed by atoms with Crippen LogP contribution >= 0.6 is 0 Å². The van der Waals surface area contributed by atoms with Crippen molar-refractivity contribution in [3.05, 3.63) is 24.0 Å². The molecule has 1 aromatic heterocycles. The molecule has 0 saturated carbocycles. The molecule has 0 aliphatic rings. The molecule has 0 bridgehead atoms. The van der Waals surface area contributed by atoms with E-state index in [4.69, 9.17) is 11.1 Å². The molecule has 0 saturated heterocycles. The largest absolute Gasteiger partial charge is 0.384 e. The molecule has 0 radical (unpaired) electrons. The third kappa shape index (κ3) is 2.95. The Hall–Kier alpha value is -1.58. The lowest BCUT2D eigenvalue weighted by atomic mass is 10.2. The molecule has 4 nitrogen and oxygen atoms in total. The predicted octanol–water partition coefficient (Wildman–Crippen LogP) is 1.99. The number of nitrogens with one attached hydrogen (secondary N) is 1. The summed E-state index contributed by atoms with van der Waals surface area (Å²) in [6.07, 6.45) is 5.62. The number of nitrogens with zero attached hydrogens (tertiary/aromatic N) is 2. The molecular weight excluding hydrogens is 200 g/mol. The zero-order valence-corrected chi connectivity index (χ0v) is 10.0. The Morgan fingerprint density at radius 1 is 1.38 bits per heavy atom. The highest BCUT2D eigenvalue weighted by Gasteiger charge is 2.11. The molecule has 0 aromatic carbocycles. The Morgan fingerprint density at radius 3 is 2.50 bits per heavy atom. The van der Waals surface area contributed by atoms with Crippen LogP contribution in [0.25, 0.3) is 0 Å². The van der Waals surface area contributed by atoms with Crippen molar-refractivity contribution >= 4 is 11.5 Å². The monoisotopic (exact) mass is 220 g/mol. The summed E-state index contributed by atoms with van der Waals surface area (Å²) in [5.74, 6) is 0.106. The highest BCUT2D eigenvalue weighted by molar-refractivity contribution is 6.00. The summed E-state index contributed by atoms with van der Waals surface area (Å²) >= 11 is 0. The molecule has 0 atom stereocenters. The molecule has 0 aliphatic carbocycles. The second-order valence-corrected chi connectivity index (χ2v) is 3.79. The van der Waals surface area contributed by atoms with E-state index in [0.29, 0.717) is 0 Å². The van der Waals surface area contributed by atoms with Gasteiger partial charge in [-0.25, -0.2) is 0 Å². The SMILES string of the molecule is CCCN(CCC)c1cnccc1C(=N)N. The van der Waals surface area contributed by atoms with E-state index in [1.165, 1.54) is 0 Å². The average Bonchev–Trinajstić information content (AvgIpc) is 2.29. The third-order valence-electron chi connectivity index (χ3n) is 2.42.